The van der Waals surface area contributed by atoms with Gasteiger partial charge in [0.2, 0.25) is 0 Å². The summed E-state index contributed by atoms with van der Waals surface area (Å²) in [6.45, 7) is 0. The van der Waals surface area contributed by atoms with Crippen LogP contribution in [0.1, 0.15) is 22.3 Å². The maximum atomic E-state index is 15.0. The molecule has 4 aromatic rings. The van der Waals surface area contributed by atoms with Gasteiger partial charge in [-0.15, -0.1) is 0 Å². The second-order valence-corrected chi connectivity index (χ2v) is 15.3. The summed E-state index contributed by atoms with van der Waals surface area (Å²) in [5.41, 5.74) is -16.6. The van der Waals surface area contributed by atoms with Gasteiger partial charge in [0.15, 0.2) is 0 Å². The Morgan fingerprint density at radius 1 is 0.521 bits per heavy atom. The van der Waals surface area contributed by atoms with Crippen molar-refractivity contribution in [2.75, 3.05) is 6.16 Å². The van der Waals surface area contributed by atoms with Gasteiger partial charge in [-0.2, -0.15) is 0 Å². The first-order valence-corrected chi connectivity index (χ1v) is 16.1. The van der Waals surface area contributed by atoms with Gasteiger partial charge in [-0.25, -0.2) is 0 Å². The summed E-state index contributed by atoms with van der Waals surface area (Å²) >= 11 is 0. The monoisotopic (exact) mass is 712 g/mol. The molecule has 0 saturated carbocycles. The molecule has 6 rings (SSSR count). The molecule has 2 aliphatic rings. The van der Waals surface area contributed by atoms with Crippen LogP contribution in [-0.2, 0) is 25.9 Å². The van der Waals surface area contributed by atoms with Crippen LogP contribution in [0, 0.1) is 0 Å². The van der Waals surface area contributed by atoms with Crippen molar-refractivity contribution in [2.24, 2.45) is 0 Å². The van der Waals surface area contributed by atoms with Crippen LogP contribution in [0.5, 0.6) is 0 Å². The van der Waals surface area contributed by atoms with Gasteiger partial charge in [-0.05, 0) is 0 Å². The molecule has 0 amide bonds. The second-order valence-electron chi connectivity index (χ2n) is 11.4. The zero-order valence-electron chi connectivity index (χ0n) is 23.8. The van der Waals surface area contributed by atoms with Crippen molar-refractivity contribution in [2.45, 2.75) is 41.5 Å². The van der Waals surface area contributed by atoms with E-state index in [-0.39, 0.29) is 17.2 Å². The molecule has 0 aromatic heterocycles. The number of fused-ring (bicyclic) bond motifs is 2. The SMILES string of the molecule is OC(c1ccccc1P12(CC(c3ccccc3)(c3ccccc3)O1)OC(C(F)(F)F)(C(F)(F)F)c1ccccc12)(C(F)(F)F)C(F)(F)F. The summed E-state index contributed by atoms with van der Waals surface area (Å²) in [6.07, 6.45) is -27.0. The normalized spacial score (nSPS) is 20.7. The number of alkyl halides is 12. The molecule has 256 valence electrons. The Hall–Kier alpha value is -3.65. The number of halogens is 12. The number of hydrogen-bond acceptors (Lipinski definition) is 3. The van der Waals surface area contributed by atoms with E-state index in [4.69, 9.17) is 9.05 Å². The van der Waals surface area contributed by atoms with E-state index in [0.29, 0.717) is 24.3 Å². The van der Waals surface area contributed by atoms with Gasteiger partial charge in [-0.1, -0.05) is 0 Å². The van der Waals surface area contributed by atoms with E-state index in [9.17, 15) is 31.4 Å². The molecule has 2 aliphatic heterocycles. The first kappa shape index (κ1) is 34.2. The second kappa shape index (κ2) is 10.2. The Kier molecular flexibility index (Phi) is 7.26. The van der Waals surface area contributed by atoms with Crippen molar-refractivity contribution in [3.05, 3.63) is 131 Å². The van der Waals surface area contributed by atoms with Crippen molar-refractivity contribution in [1.82, 2.24) is 0 Å². The first-order chi connectivity index (χ1) is 22.1. The minimum absolute atomic E-state index is 0.100. The molecule has 1 saturated heterocycles. The maximum absolute atomic E-state index is 15.0. The van der Waals surface area contributed by atoms with Gasteiger partial charge in [0.1, 0.15) is 0 Å². The van der Waals surface area contributed by atoms with Crippen molar-refractivity contribution < 1.29 is 66.8 Å². The molecule has 0 atom stereocenters. The van der Waals surface area contributed by atoms with E-state index in [2.05, 4.69) is 0 Å². The van der Waals surface area contributed by atoms with Crippen molar-refractivity contribution in [3.63, 3.8) is 0 Å². The van der Waals surface area contributed by atoms with E-state index < -0.39 is 76.5 Å². The summed E-state index contributed by atoms with van der Waals surface area (Å²) in [5.74, 6) is 0. The Labute approximate surface area is 263 Å². The first-order valence-electron chi connectivity index (χ1n) is 13.9. The van der Waals surface area contributed by atoms with Crippen molar-refractivity contribution in [3.8, 4) is 0 Å². The molecule has 1 N–H and O–H groups in total. The number of benzene rings is 4. The van der Waals surface area contributed by atoms with Gasteiger partial charge in [-0.3, -0.25) is 0 Å². The third-order valence-corrected chi connectivity index (χ3v) is 13.9. The molecule has 0 bridgehead atoms. The number of aliphatic hydroxyl groups is 1. The van der Waals surface area contributed by atoms with Crippen LogP contribution >= 0.6 is 7.06 Å². The van der Waals surface area contributed by atoms with E-state index >= 15 is 26.3 Å². The zero-order chi connectivity index (χ0) is 35.3. The fourth-order valence-electron chi connectivity index (χ4n) is 6.86. The van der Waals surface area contributed by atoms with Crippen molar-refractivity contribution >= 4 is 17.7 Å². The molecular weight excluding hydrogens is 691 g/mol. The van der Waals surface area contributed by atoms with Crippen LogP contribution in [0.25, 0.3) is 0 Å². The molecule has 2 heterocycles. The molecule has 1 spiro atoms. The van der Waals surface area contributed by atoms with Crippen LogP contribution in [0.15, 0.2) is 109 Å². The van der Waals surface area contributed by atoms with Gasteiger partial charge in [0.25, 0.3) is 0 Å². The van der Waals surface area contributed by atoms with E-state index in [1.807, 2.05) is 0 Å². The van der Waals surface area contributed by atoms with Crippen LogP contribution in [0.3, 0.4) is 0 Å². The Balaban J connectivity index is 1.81. The molecule has 0 aliphatic carbocycles. The van der Waals surface area contributed by atoms with E-state index in [0.717, 1.165) is 18.2 Å². The predicted octanol–water partition coefficient (Wildman–Crippen LogP) is 8.66. The summed E-state index contributed by atoms with van der Waals surface area (Å²) < 4.78 is 189. The quantitative estimate of drug-likeness (QED) is 0.170. The number of hydrogen-bond donors (Lipinski definition) is 1. The molecule has 0 unspecified atom stereocenters. The summed E-state index contributed by atoms with van der Waals surface area (Å²) in [4.78, 5) is 0. The van der Waals surface area contributed by atoms with Crippen molar-refractivity contribution in [1.29, 1.82) is 0 Å². The van der Waals surface area contributed by atoms with Gasteiger partial charge < -0.3 is 0 Å². The van der Waals surface area contributed by atoms with Crippen LogP contribution in [0.4, 0.5) is 52.7 Å². The summed E-state index contributed by atoms with van der Waals surface area (Å²) in [7, 11) is -6.54. The third-order valence-electron chi connectivity index (χ3n) is 8.84. The van der Waals surface area contributed by atoms with Crippen LogP contribution in [-0.4, -0.2) is 36.0 Å². The molecule has 1 fully saturated rings. The molecule has 48 heavy (non-hydrogen) atoms. The molecule has 3 nitrogen and oxygen atoms in total. The van der Waals surface area contributed by atoms with E-state index in [1.54, 1.807) is 0 Å². The van der Waals surface area contributed by atoms with Crippen LogP contribution in [0.2, 0.25) is 0 Å². The minimum atomic E-state index is -6.57. The molecular formula is C32H21F12O3P. The summed E-state index contributed by atoms with van der Waals surface area (Å²) in [6, 6.07) is 19.3. The van der Waals surface area contributed by atoms with E-state index in [1.165, 1.54) is 60.7 Å². The molecule has 16 heteroatoms. The Bertz CT molecular complexity index is 1780. The molecule has 0 radical (unpaired) electrons. The average molecular weight is 712 g/mol. The fraction of sp³-hybridized carbons (Fsp3) is 0.250. The average Bonchev–Trinajstić information content (AvgIpc) is 3.30. The topological polar surface area (TPSA) is 38.7 Å². The van der Waals surface area contributed by atoms with Crippen LogP contribution < -0.4 is 10.6 Å². The Morgan fingerprint density at radius 2 is 0.917 bits per heavy atom. The standard InChI is InChI=1S/C32H21F12O3P/c33-29(34,35)27(45,30(36,37)38)22-15-7-9-17-24(22)48(19-26(46-48,20-11-3-1-4-12-20)21-13-5-2-6-14-21)25-18-10-8-16-23(25)28(47-48,31(39,40)41)32(42,43)44/h1-18,45H,19H2. The third kappa shape index (κ3) is 4.20. The van der Waals surface area contributed by atoms with Gasteiger partial charge >= 0.3 is 264 Å². The van der Waals surface area contributed by atoms with Gasteiger partial charge in [0, 0.05) is 0 Å². The predicted molar refractivity (Wildman–Crippen MR) is 150 cm³/mol. The molecule has 4 aromatic carbocycles. The number of rotatable bonds is 4. The fourth-order valence-corrected chi connectivity index (χ4v) is 13.1. The van der Waals surface area contributed by atoms with Gasteiger partial charge in [0.05, 0.1) is 0 Å². The zero-order valence-corrected chi connectivity index (χ0v) is 24.7. The summed E-state index contributed by atoms with van der Waals surface area (Å²) in [5, 5.41) is 8.16. The Morgan fingerprint density at radius 3 is 1.35 bits per heavy atom.